The summed E-state index contributed by atoms with van der Waals surface area (Å²) in [4.78, 5) is 14.5. The van der Waals surface area contributed by atoms with Crippen molar-refractivity contribution in [3.8, 4) is 5.75 Å². The van der Waals surface area contributed by atoms with Crippen LogP contribution < -0.4 is 15.0 Å². The van der Waals surface area contributed by atoms with Crippen molar-refractivity contribution < 1.29 is 9.53 Å². The summed E-state index contributed by atoms with van der Waals surface area (Å²) in [5, 5.41) is 2.95. The smallest absolute Gasteiger partial charge is 0.326 e. The van der Waals surface area contributed by atoms with Gasteiger partial charge in [0.1, 0.15) is 11.9 Å². The predicted molar refractivity (Wildman–Crippen MR) is 96.4 cm³/mol. The molecule has 5 heteroatoms. The Bertz CT molecular complexity index is 715. The lowest BCUT2D eigenvalue weighted by Gasteiger charge is -2.34. The number of urea groups is 1. The van der Waals surface area contributed by atoms with Gasteiger partial charge in [-0.05, 0) is 55.3 Å². The minimum Gasteiger partial charge on any atom is -0.486 e. The van der Waals surface area contributed by atoms with Crippen molar-refractivity contribution >= 4 is 33.3 Å². The number of amides is 2. The van der Waals surface area contributed by atoms with E-state index in [9.17, 15) is 4.79 Å². The lowest BCUT2D eigenvalue weighted by molar-refractivity contribution is 0.188. The van der Waals surface area contributed by atoms with Crippen LogP contribution in [0.1, 0.15) is 18.9 Å². The number of anilines is 2. The molecule has 3 rings (SSSR count). The Morgan fingerprint density at radius 1 is 1.30 bits per heavy atom. The number of nitrogens with zero attached hydrogens (tertiary/aromatic N) is 1. The highest BCUT2D eigenvalue weighted by atomic mass is 79.9. The molecular formula is C18H19BrN2O2. The summed E-state index contributed by atoms with van der Waals surface area (Å²) >= 11 is 3.40. The number of nitrogens with one attached hydrogen (secondary N) is 1. The van der Waals surface area contributed by atoms with Crippen molar-refractivity contribution in [1.82, 2.24) is 0 Å². The highest BCUT2D eigenvalue weighted by Crippen LogP contribution is 2.35. The molecule has 23 heavy (non-hydrogen) atoms. The molecule has 1 heterocycles. The van der Waals surface area contributed by atoms with Crippen LogP contribution in [0.25, 0.3) is 0 Å². The van der Waals surface area contributed by atoms with Crippen LogP contribution in [0.5, 0.6) is 5.75 Å². The molecule has 1 aliphatic rings. The third-order valence-electron chi connectivity index (χ3n) is 3.88. The van der Waals surface area contributed by atoms with Crippen molar-refractivity contribution in [2.75, 3.05) is 16.8 Å². The predicted octanol–water partition coefficient (Wildman–Crippen LogP) is 4.97. The fourth-order valence-electron chi connectivity index (χ4n) is 2.59. The second-order valence-corrected chi connectivity index (χ2v) is 6.58. The van der Waals surface area contributed by atoms with Gasteiger partial charge in [0.05, 0.1) is 12.2 Å². The molecule has 0 fully saturated rings. The first-order valence-corrected chi connectivity index (χ1v) is 8.47. The Hall–Kier alpha value is -2.01. The van der Waals surface area contributed by atoms with E-state index in [-0.39, 0.29) is 12.1 Å². The van der Waals surface area contributed by atoms with Crippen LogP contribution in [0, 0.1) is 6.92 Å². The molecular weight excluding hydrogens is 356 g/mol. The van der Waals surface area contributed by atoms with Crippen molar-refractivity contribution in [1.29, 1.82) is 0 Å². The Morgan fingerprint density at radius 2 is 2.04 bits per heavy atom. The number of ether oxygens (including phenoxy) is 1. The fraction of sp³-hybridized carbons (Fsp3) is 0.278. The van der Waals surface area contributed by atoms with Crippen molar-refractivity contribution in [3.05, 3.63) is 52.5 Å². The SMILES string of the molecule is CC[C@H]1CN(C(=O)Nc2ccc(Br)cc2)c2cc(C)ccc2O1. The number of hydrogen-bond donors (Lipinski definition) is 1. The molecule has 1 N–H and O–H groups in total. The lowest BCUT2D eigenvalue weighted by atomic mass is 10.1. The highest BCUT2D eigenvalue weighted by molar-refractivity contribution is 9.10. The van der Waals surface area contributed by atoms with E-state index in [1.54, 1.807) is 4.90 Å². The third kappa shape index (κ3) is 3.50. The zero-order chi connectivity index (χ0) is 16.4. The Balaban J connectivity index is 1.87. The van der Waals surface area contributed by atoms with E-state index in [4.69, 9.17) is 4.74 Å². The first kappa shape index (κ1) is 15.9. The van der Waals surface area contributed by atoms with Crippen molar-refractivity contribution in [3.63, 3.8) is 0 Å². The van der Waals surface area contributed by atoms with Gasteiger partial charge in [-0.1, -0.05) is 28.9 Å². The van der Waals surface area contributed by atoms with Gasteiger partial charge >= 0.3 is 6.03 Å². The number of rotatable bonds is 2. The number of aryl methyl sites for hydroxylation is 1. The van der Waals surface area contributed by atoms with Crippen LogP contribution in [0.2, 0.25) is 0 Å². The van der Waals surface area contributed by atoms with Crippen molar-refractivity contribution in [2.24, 2.45) is 0 Å². The standard InChI is InChI=1S/C18H19BrN2O2/c1-3-15-11-21(16-10-12(2)4-9-17(16)23-15)18(22)20-14-7-5-13(19)6-8-14/h4-10,15H,3,11H2,1-2H3,(H,20,22)/t15-/m0/s1. The summed E-state index contributed by atoms with van der Waals surface area (Å²) in [7, 11) is 0. The minimum absolute atomic E-state index is 0.0147. The molecule has 2 aromatic rings. The van der Waals surface area contributed by atoms with Gasteiger partial charge < -0.3 is 10.1 Å². The number of fused-ring (bicyclic) bond motifs is 1. The van der Waals surface area contributed by atoms with E-state index >= 15 is 0 Å². The highest BCUT2D eigenvalue weighted by Gasteiger charge is 2.29. The van der Waals surface area contributed by atoms with Crippen molar-refractivity contribution in [2.45, 2.75) is 26.4 Å². The summed E-state index contributed by atoms with van der Waals surface area (Å²) in [6.45, 7) is 4.63. The van der Waals surface area contributed by atoms with E-state index in [1.807, 2.05) is 49.4 Å². The number of benzene rings is 2. The average Bonchev–Trinajstić information content (AvgIpc) is 2.56. The summed E-state index contributed by atoms with van der Waals surface area (Å²) in [6, 6.07) is 13.3. The van der Waals surface area contributed by atoms with Gasteiger partial charge in [0.2, 0.25) is 0 Å². The first-order valence-electron chi connectivity index (χ1n) is 7.68. The van der Waals surface area contributed by atoms with Crippen LogP contribution in [0.15, 0.2) is 46.9 Å². The van der Waals surface area contributed by atoms with Gasteiger partial charge in [0.25, 0.3) is 0 Å². The fourth-order valence-corrected chi connectivity index (χ4v) is 2.85. The zero-order valence-corrected chi connectivity index (χ0v) is 14.8. The lowest BCUT2D eigenvalue weighted by Crippen LogP contribution is -2.45. The molecule has 4 nitrogen and oxygen atoms in total. The molecule has 0 saturated carbocycles. The molecule has 0 bridgehead atoms. The first-order chi connectivity index (χ1) is 11.1. The Kier molecular flexibility index (Phi) is 4.57. The Morgan fingerprint density at radius 3 is 2.74 bits per heavy atom. The third-order valence-corrected chi connectivity index (χ3v) is 4.41. The maximum Gasteiger partial charge on any atom is 0.326 e. The minimum atomic E-state index is -0.138. The van der Waals surface area contributed by atoms with Gasteiger partial charge in [0, 0.05) is 10.2 Å². The van der Waals surface area contributed by atoms with Gasteiger partial charge in [-0.2, -0.15) is 0 Å². The number of hydrogen-bond acceptors (Lipinski definition) is 2. The van der Waals surface area contributed by atoms with E-state index in [0.29, 0.717) is 6.54 Å². The number of carbonyl (C=O) groups excluding carboxylic acids is 1. The van der Waals surface area contributed by atoms with Crippen LogP contribution >= 0.6 is 15.9 Å². The largest absolute Gasteiger partial charge is 0.486 e. The quantitative estimate of drug-likeness (QED) is 0.806. The molecule has 2 aromatic carbocycles. The van der Waals surface area contributed by atoms with E-state index in [1.165, 1.54) is 0 Å². The molecule has 1 aliphatic heterocycles. The molecule has 0 saturated heterocycles. The normalized spacial score (nSPS) is 16.5. The number of halogens is 1. The second kappa shape index (κ2) is 6.62. The summed E-state index contributed by atoms with van der Waals surface area (Å²) in [5.74, 6) is 0.764. The van der Waals surface area contributed by atoms with Crippen LogP contribution in [0.3, 0.4) is 0 Å². The second-order valence-electron chi connectivity index (χ2n) is 5.67. The van der Waals surface area contributed by atoms with Crippen LogP contribution in [-0.2, 0) is 0 Å². The molecule has 1 atom stereocenters. The van der Waals surface area contributed by atoms with Gasteiger partial charge in [-0.3, -0.25) is 4.90 Å². The monoisotopic (exact) mass is 374 g/mol. The maximum absolute atomic E-state index is 12.7. The topological polar surface area (TPSA) is 41.6 Å². The molecule has 2 amide bonds. The van der Waals surface area contributed by atoms with Crippen LogP contribution in [-0.4, -0.2) is 18.7 Å². The average molecular weight is 375 g/mol. The summed E-state index contributed by atoms with van der Waals surface area (Å²) in [5.41, 5.74) is 2.69. The van der Waals surface area contributed by atoms with E-state index in [2.05, 4.69) is 28.2 Å². The van der Waals surface area contributed by atoms with Gasteiger partial charge in [-0.15, -0.1) is 0 Å². The molecule has 0 unspecified atom stereocenters. The molecule has 120 valence electrons. The molecule has 0 radical (unpaired) electrons. The summed E-state index contributed by atoms with van der Waals surface area (Å²) < 4.78 is 6.94. The van der Waals surface area contributed by atoms with Gasteiger partial charge in [0.15, 0.2) is 0 Å². The van der Waals surface area contributed by atoms with Gasteiger partial charge in [-0.25, -0.2) is 4.79 Å². The Labute approximate surface area is 144 Å². The van der Waals surface area contributed by atoms with E-state index in [0.717, 1.165) is 33.6 Å². The molecule has 0 aromatic heterocycles. The summed E-state index contributed by atoms with van der Waals surface area (Å²) in [6.07, 6.45) is 0.871. The van der Waals surface area contributed by atoms with E-state index < -0.39 is 0 Å². The zero-order valence-electron chi connectivity index (χ0n) is 13.2. The molecule has 0 spiro atoms. The maximum atomic E-state index is 12.7. The molecule has 0 aliphatic carbocycles. The number of carbonyl (C=O) groups is 1. The van der Waals surface area contributed by atoms with Crippen LogP contribution in [0.4, 0.5) is 16.2 Å².